The highest BCUT2D eigenvalue weighted by Crippen LogP contribution is 2.21. The SMILES string of the molecule is Cc1ccc2[nH]c(C(=O)Nc3c(F)cccc3F)cc2c1. The average molecular weight is 286 g/mol. The van der Waals surface area contributed by atoms with Gasteiger partial charge in [0.2, 0.25) is 0 Å². The zero-order valence-corrected chi connectivity index (χ0v) is 11.2. The summed E-state index contributed by atoms with van der Waals surface area (Å²) >= 11 is 0. The number of rotatable bonds is 2. The summed E-state index contributed by atoms with van der Waals surface area (Å²) in [4.78, 5) is 15.0. The predicted molar refractivity (Wildman–Crippen MR) is 77.3 cm³/mol. The number of para-hydroxylation sites is 1. The number of hydrogen-bond donors (Lipinski definition) is 2. The zero-order valence-electron chi connectivity index (χ0n) is 11.2. The van der Waals surface area contributed by atoms with E-state index in [9.17, 15) is 13.6 Å². The van der Waals surface area contributed by atoms with Gasteiger partial charge in [-0.3, -0.25) is 4.79 Å². The first-order valence-corrected chi connectivity index (χ1v) is 6.39. The van der Waals surface area contributed by atoms with Crippen LogP contribution < -0.4 is 5.32 Å². The van der Waals surface area contributed by atoms with Crippen LogP contribution >= 0.6 is 0 Å². The molecule has 21 heavy (non-hydrogen) atoms. The summed E-state index contributed by atoms with van der Waals surface area (Å²) in [6.45, 7) is 1.95. The molecule has 0 bridgehead atoms. The molecule has 0 aliphatic heterocycles. The zero-order chi connectivity index (χ0) is 15.0. The number of halogens is 2. The van der Waals surface area contributed by atoms with Crippen LogP contribution in [-0.2, 0) is 0 Å². The Labute approximate surface area is 119 Å². The quantitative estimate of drug-likeness (QED) is 0.734. The van der Waals surface area contributed by atoms with Crippen LogP contribution in [0.1, 0.15) is 16.1 Å². The maximum Gasteiger partial charge on any atom is 0.272 e. The van der Waals surface area contributed by atoms with Gasteiger partial charge in [-0.15, -0.1) is 0 Å². The fourth-order valence-corrected chi connectivity index (χ4v) is 2.17. The predicted octanol–water partition coefficient (Wildman–Crippen LogP) is 4.01. The number of H-pyrrole nitrogens is 1. The van der Waals surface area contributed by atoms with Crippen molar-refractivity contribution >= 4 is 22.5 Å². The minimum absolute atomic E-state index is 0.248. The molecule has 0 aliphatic rings. The fourth-order valence-electron chi connectivity index (χ4n) is 2.17. The molecule has 0 spiro atoms. The van der Waals surface area contributed by atoms with Gasteiger partial charge in [-0.25, -0.2) is 8.78 Å². The molecule has 106 valence electrons. The maximum atomic E-state index is 13.5. The number of hydrogen-bond acceptors (Lipinski definition) is 1. The van der Waals surface area contributed by atoms with E-state index < -0.39 is 23.2 Å². The van der Waals surface area contributed by atoms with Crippen LogP contribution in [0.2, 0.25) is 0 Å². The molecule has 2 N–H and O–H groups in total. The molecule has 0 atom stereocenters. The molecule has 0 fully saturated rings. The number of fused-ring (bicyclic) bond motifs is 1. The summed E-state index contributed by atoms with van der Waals surface area (Å²) < 4.78 is 27.0. The van der Waals surface area contributed by atoms with E-state index in [0.717, 1.165) is 28.6 Å². The van der Waals surface area contributed by atoms with Crippen molar-refractivity contribution in [3.63, 3.8) is 0 Å². The Bertz CT molecular complexity index is 819. The minimum atomic E-state index is -0.810. The molecule has 0 radical (unpaired) electrons. The molecule has 0 aliphatic carbocycles. The van der Waals surface area contributed by atoms with Gasteiger partial charge in [-0.05, 0) is 37.3 Å². The van der Waals surface area contributed by atoms with Gasteiger partial charge in [-0.2, -0.15) is 0 Å². The molecule has 3 nitrogen and oxygen atoms in total. The summed E-state index contributed by atoms with van der Waals surface area (Å²) in [6.07, 6.45) is 0. The molecule has 3 rings (SSSR count). The number of nitrogens with one attached hydrogen (secondary N) is 2. The lowest BCUT2D eigenvalue weighted by Crippen LogP contribution is -2.14. The van der Waals surface area contributed by atoms with Gasteiger partial charge < -0.3 is 10.3 Å². The topological polar surface area (TPSA) is 44.9 Å². The highest BCUT2D eigenvalue weighted by Gasteiger charge is 2.15. The minimum Gasteiger partial charge on any atom is -0.351 e. The first kappa shape index (κ1) is 13.3. The second-order valence-corrected chi connectivity index (χ2v) is 4.82. The first-order chi connectivity index (χ1) is 10.0. The molecule has 0 saturated heterocycles. The Kier molecular flexibility index (Phi) is 3.17. The van der Waals surface area contributed by atoms with Crippen molar-refractivity contribution in [1.82, 2.24) is 4.98 Å². The smallest absolute Gasteiger partial charge is 0.272 e. The monoisotopic (exact) mass is 286 g/mol. The molecule has 2 aromatic carbocycles. The van der Waals surface area contributed by atoms with E-state index in [-0.39, 0.29) is 5.69 Å². The van der Waals surface area contributed by atoms with Gasteiger partial charge >= 0.3 is 0 Å². The Hall–Kier alpha value is -2.69. The molecule has 1 aromatic heterocycles. The van der Waals surface area contributed by atoms with Crippen molar-refractivity contribution < 1.29 is 13.6 Å². The number of benzene rings is 2. The molecule has 1 heterocycles. The largest absolute Gasteiger partial charge is 0.351 e. The summed E-state index contributed by atoms with van der Waals surface area (Å²) in [5, 5.41) is 3.12. The summed E-state index contributed by atoms with van der Waals surface area (Å²) in [5.41, 5.74) is 1.66. The second kappa shape index (κ2) is 5.01. The molecule has 0 saturated carbocycles. The van der Waals surface area contributed by atoms with Crippen LogP contribution in [0.15, 0.2) is 42.5 Å². The van der Waals surface area contributed by atoms with Crippen molar-refractivity contribution in [3.05, 3.63) is 65.4 Å². The molecule has 1 amide bonds. The second-order valence-electron chi connectivity index (χ2n) is 4.82. The van der Waals surface area contributed by atoms with E-state index in [0.29, 0.717) is 0 Å². The Morgan fingerprint density at radius 2 is 1.81 bits per heavy atom. The fraction of sp³-hybridized carbons (Fsp3) is 0.0625. The third-order valence-electron chi connectivity index (χ3n) is 3.22. The van der Waals surface area contributed by atoms with Gasteiger partial charge in [0.15, 0.2) is 0 Å². The van der Waals surface area contributed by atoms with E-state index in [1.165, 1.54) is 6.07 Å². The summed E-state index contributed by atoms with van der Waals surface area (Å²) in [5.74, 6) is -2.21. The van der Waals surface area contributed by atoms with Crippen LogP contribution in [0.4, 0.5) is 14.5 Å². The van der Waals surface area contributed by atoms with Crippen molar-refractivity contribution in [2.75, 3.05) is 5.32 Å². The van der Waals surface area contributed by atoms with Gasteiger partial charge in [0, 0.05) is 10.9 Å². The van der Waals surface area contributed by atoms with Crippen molar-refractivity contribution in [1.29, 1.82) is 0 Å². The maximum absolute atomic E-state index is 13.5. The Balaban J connectivity index is 1.94. The third-order valence-corrected chi connectivity index (χ3v) is 3.22. The number of aryl methyl sites for hydroxylation is 1. The van der Waals surface area contributed by atoms with Crippen molar-refractivity contribution in [2.45, 2.75) is 6.92 Å². The van der Waals surface area contributed by atoms with Gasteiger partial charge in [0.1, 0.15) is 23.0 Å². The van der Waals surface area contributed by atoms with E-state index >= 15 is 0 Å². The van der Waals surface area contributed by atoms with Gasteiger partial charge in [-0.1, -0.05) is 17.7 Å². The number of amides is 1. The lowest BCUT2D eigenvalue weighted by molar-refractivity contribution is 0.102. The van der Waals surface area contributed by atoms with Crippen molar-refractivity contribution in [2.24, 2.45) is 0 Å². The number of carbonyl (C=O) groups is 1. The van der Waals surface area contributed by atoms with Crippen molar-refractivity contribution in [3.8, 4) is 0 Å². The van der Waals surface area contributed by atoms with Crippen LogP contribution in [0.25, 0.3) is 10.9 Å². The molecular weight excluding hydrogens is 274 g/mol. The third kappa shape index (κ3) is 2.50. The first-order valence-electron chi connectivity index (χ1n) is 6.39. The van der Waals surface area contributed by atoms with Crippen LogP contribution in [0, 0.1) is 18.6 Å². The Morgan fingerprint density at radius 1 is 1.10 bits per heavy atom. The molecule has 3 aromatic rings. The number of anilines is 1. The van der Waals surface area contributed by atoms with Gasteiger partial charge in [0.05, 0.1) is 0 Å². The number of aromatic amines is 1. The van der Waals surface area contributed by atoms with Crippen LogP contribution in [0.5, 0.6) is 0 Å². The van der Waals surface area contributed by atoms with E-state index in [2.05, 4.69) is 10.3 Å². The van der Waals surface area contributed by atoms with Crippen LogP contribution in [-0.4, -0.2) is 10.9 Å². The Morgan fingerprint density at radius 3 is 2.52 bits per heavy atom. The number of aromatic nitrogens is 1. The normalized spacial score (nSPS) is 10.8. The standard InChI is InChI=1S/C16H12F2N2O/c1-9-5-6-13-10(7-9)8-14(19-13)16(21)20-15-11(17)3-2-4-12(15)18/h2-8,19H,1H3,(H,20,21). The average Bonchev–Trinajstić information content (AvgIpc) is 2.86. The lowest BCUT2D eigenvalue weighted by atomic mass is 10.2. The van der Waals surface area contributed by atoms with E-state index in [1.807, 2.05) is 25.1 Å². The number of carbonyl (C=O) groups excluding carboxylic acids is 1. The highest BCUT2D eigenvalue weighted by atomic mass is 19.1. The highest BCUT2D eigenvalue weighted by molar-refractivity contribution is 6.06. The van der Waals surface area contributed by atoms with E-state index in [1.54, 1.807) is 6.07 Å². The van der Waals surface area contributed by atoms with Crippen LogP contribution in [0.3, 0.4) is 0 Å². The molecule has 0 unspecified atom stereocenters. The van der Waals surface area contributed by atoms with E-state index in [4.69, 9.17) is 0 Å². The molecule has 5 heteroatoms. The lowest BCUT2D eigenvalue weighted by Gasteiger charge is -2.05. The summed E-state index contributed by atoms with van der Waals surface area (Å²) in [7, 11) is 0. The van der Waals surface area contributed by atoms with Gasteiger partial charge in [0.25, 0.3) is 5.91 Å². The molecular formula is C16H12F2N2O. The summed E-state index contributed by atoms with van der Waals surface area (Å²) in [6, 6.07) is 10.8.